The van der Waals surface area contributed by atoms with Gasteiger partial charge in [-0.15, -0.1) is 0 Å². The Hall–Kier alpha value is -1.07. The Labute approximate surface area is 111 Å². The van der Waals surface area contributed by atoms with Gasteiger partial charge in [0.05, 0.1) is 5.56 Å². The number of nitrogens with two attached hydrogens (primary N) is 1. The Morgan fingerprint density at radius 3 is 2.26 bits per heavy atom. The first-order valence-electron chi connectivity index (χ1n) is 6.48. The third kappa shape index (κ3) is 3.70. The van der Waals surface area contributed by atoms with E-state index in [9.17, 15) is 13.2 Å². The van der Waals surface area contributed by atoms with E-state index in [4.69, 9.17) is 5.73 Å². The summed E-state index contributed by atoms with van der Waals surface area (Å²) in [4.78, 5) is 2.14. The maximum absolute atomic E-state index is 12.5. The van der Waals surface area contributed by atoms with Crippen molar-refractivity contribution in [2.75, 3.05) is 13.6 Å². The summed E-state index contributed by atoms with van der Waals surface area (Å²) in [5.41, 5.74) is 6.04. The number of likely N-dealkylation sites (N-methyl/N-ethyl adjacent to an activating group) is 1. The molecule has 2 rings (SSSR count). The summed E-state index contributed by atoms with van der Waals surface area (Å²) >= 11 is 0. The summed E-state index contributed by atoms with van der Waals surface area (Å²) in [6.07, 6.45) is -1.85. The van der Waals surface area contributed by atoms with Gasteiger partial charge in [-0.05, 0) is 43.5 Å². The monoisotopic (exact) mass is 272 g/mol. The number of nitrogens with zero attached hydrogens (tertiary/aromatic N) is 1. The molecule has 2 nitrogen and oxygen atoms in total. The van der Waals surface area contributed by atoms with Crippen molar-refractivity contribution in [2.45, 2.75) is 31.6 Å². The lowest BCUT2D eigenvalue weighted by molar-refractivity contribution is -0.137. The van der Waals surface area contributed by atoms with E-state index in [1.807, 2.05) is 7.05 Å². The molecular formula is C14H19F3N2. The summed E-state index contributed by atoms with van der Waals surface area (Å²) < 4.78 is 37.4. The van der Waals surface area contributed by atoms with Gasteiger partial charge in [0.1, 0.15) is 0 Å². The van der Waals surface area contributed by atoms with E-state index in [0.717, 1.165) is 17.7 Å². The van der Waals surface area contributed by atoms with Gasteiger partial charge in [-0.2, -0.15) is 13.2 Å². The summed E-state index contributed by atoms with van der Waals surface area (Å²) in [6.45, 7) is 1.23. The highest BCUT2D eigenvalue weighted by atomic mass is 19.4. The van der Waals surface area contributed by atoms with Gasteiger partial charge in [0, 0.05) is 19.1 Å². The number of rotatable bonds is 5. The van der Waals surface area contributed by atoms with Crippen LogP contribution in [-0.4, -0.2) is 24.5 Å². The first kappa shape index (κ1) is 14.3. The third-order valence-electron chi connectivity index (χ3n) is 3.69. The SMILES string of the molecule is CN(Cc1ccc(C(F)(F)F)cc1)C(CN)C1CC1. The number of halogens is 3. The molecule has 2 N–H and O–H groups in total. The van der Waals surface area contributed by atoms with E-state index in [1.54, 1.807) is 12.1 Å². The lowest BCUT2D eigenvalue weighted by Gasteiger charge is -2.27. The van der Waals surface area contributed by atoms with Crippen LogP contribution >= 0.6 is 0 Å². The Bertz CT molecular complexity index is 410. The van der Waals surface area contributed by atoms with Crippen molar-refractivity contribution in [2.24, 2.45) is 11.7 Å². The second-order valence-corrected chi connectivity index (χ2v) is 5.25. The van der Waals surface area contributed by atoms with Crippen LogP contribution in [0.15, 0.2) is 24.3 Å². The van der Waals surface area contributed by atoms with Gasteiger partial charge in [0.15, 0.2) is 0 Å². The van der Waals surface area contributed by atoms with E-state index in [2.05, 4.69) is 4.90 Å². The van der Waals surface area contributed by atoms with E-state index in [-0.39, 0.29) is 0 Å². The normalized spacial score (nSPS) is 17.8. The van der Waals surface area contributed by atoms with Crippen molar-refractivity contribution in [3.8, 4) is 0 Å². The highest BCUT2D eigenvalue weighted by molar-refractivity contribution is 5.24. The minimum Gasteiger partial charge on any atom is -0.329 e. The zero-order valence-corrected chi connectivity index (χ0v) is 11.0. The Morgan fingerprint density at radius 1 is 1.26 bits per heavy atom. The van der Waals surface area contributed by atoms with Crippen LogP contribution in [0.1, 0.15) is 24.0 Å². The predicted molar refractivity (Wildman–Crippen MR) is 68.5 cm³/mol. The average molecular weight is 272 g/mol. The lowest BCUT2D eigenvalue weighted by Crippen LogP contribution is -2.39. The molecule has 0 heterocycles. The first-order chi connectivity index (χ1) is 8.91. The van der Waals surface area contributed by atoms with E-state index in [1.165, 1.54) is 12.8 Å². The third-order valence-corrected chi connectivity index (χ3v) is 3.69. The predicted octanol–water partition coefficient (Wildman–Crippen LogP) is 2.87. The molecular weight excluding hydrogens is 253 g/mol. The fraction of sp³-hybridized carbons (Fsp3) is 0.571. The number of benzene rings is 1. The van der Waals surface area contributed by atoms with Gasteiger partial charge in [-0.25, -0.2) is 0 Å². The number of alkyl halides is 3. The summed E-state index contributed by atoms with van der Waals surface area (Å²) in [6, 6.07) is 5.69. The van der Waals surface area contributed by atoms with Crippen molar-refractivity contribution < 1.29 is 13.2 Å². The van der Waals surface area contributed by atoms with Crippen molar-refractivity contribution >= 4 is 0 Å². The molecule has 5 heteroatoms. The molecule has 0 spiro atoms. The van der Waals surface area contributed by atoms with Crippen LogP contribution in [0.2, 0.25) is 0 Å². The van der Waals surface area contributed by atoms with Crippen molar-refractivity contribution in [1.82, 2.24) is 4.90 Å². The zero-order chi connectivity index (χ0) is 14.0. The Morgan fingerprint density at radius 2 is 1.84 bits per heavy atom. The zero-order valence-electron chi connectivity index (χ0n) is 11.0. The molecule has 106 valence electrons. The van der Waals surface area contributed by atoms with E-state index >= 15 is 0 Å². The molecule has 1 aliphatic carbocycles. The summed E-state index contributed by atoms with van der Waals surface area (Å²) in [7, 11) is 1.98. The van der Waals surface area contributed by atoms with Crippen LogP contribution in [0.3, 0.4) is 0 Å². The van der Waals surface area contributed by atoms with Crippen molar-refractivity contribution in [3.63, 3.8) is 0 Å². The summed E-state index contributed by atoms with van der Waals surface area (Å²) in [5, 5.41) is 0. The van der Waals surface area contributed by atoms with Crippen LogP contribution in [0.5, 0.6) is 0 Å². The molecule has 0 amide bonds. The molecule has 1 saturated carbocycles. The molecule has 1 fully saturated rings. The maximum atomic E-state index is 12.5. The molecule has 1 aromatic rings. The topological polar surface area (TPSA) is 29.3 Å². The van der Waals surface area contributed by atoms with Crippen molar-refractivity contribution in [1.29, 1.82) is 0 Å². The maximum Gasteiger partial charge on any atom is 0.416 e. The standard InChI is InChI=1S/C14H19F3N2/c1-19(13(8-18)11-4-5-11)9-10-2-6-12(7-3-10)14(15,16)17/h2-3,6-7,11,13H,4-5,8-9,18H2,1H3. The largest absolute Gasteiger partial charge is 0.416 e. The van der Waals surface area contributed by atoms with E-state index < -0.39 is 11.7 Å². The van der Waals surface area contributed by atoms with Crippen LogP contribution in [0.4, 0.5) is 13.2 Å². The molecule has 19 heavy (non-hydrogen) atoms. The average Bonchev–Trinajstić information content (AvgIpc) is 3.14. The van der Waals surface area contributed by atoms with Gasteiger partial charge in [-0.1, -0.05) is 12.1 Å². The van der Waals surface area contributed by atoms with Gasteiger partial charge < -0.3 is 5.73 Å². The second kappa shape index (κ2) is 5.51. The highest BCUT2D eigenvalue weighted by Crippen LogP contribution is 2.35. The van der Waals surface area contributed by atoms with Crippen LogP contribution < -0.4 is 5.73 Å². The molecule has 1 aromatic carbocycles. The molecule has 1 unspecified atom stereocenters. The van der Waals surface area contributed by atoms with Gasteiger partial charge in [0.25, 0.3) is 0 Å². The summed E-state index contributed by atoms with van der Waals surface area (Å²) in [5.74, 6) is 0.657. The molecule has 0 radical (unpaired) electrons. The van der Waals surface area contributed by atoms with Crippen LogP contribution in [-0.2, 0) is 12.7 Å². The molecule has 0 saturated heterocycles. The minimum atomic E-state index is -4.27. The smallest absolute Gasteiger partial charge is 0.329 e. The fourth-order valence-electron chi connectivity index (χ4n) is 2.42. The second-order valence-electron chi connectivity index (χ2n) is 5.25. The number of hydrogen-bond acceptors (Lipinski definition) is 2. The van der Waals surface area contributed by atoms with Gasteiger partial charge >= 0.3 is 6.18 Å². The minimum absolute atomic E-state index is 0.335. The lowest BCUT2D eigenvalue weighted by atomic mass is 10.1. The quantitative estimate of drug-likeness (QED) is 0.893. The number of hydrogen-bond donors (Lipinski definition) is 1. The Balaban J connectivity index is 1.99. The van der Waals surface area contributed by atoms with Gasteiger partial charge in [0.2, 0.25) is 0 Å². The van der Waals surface area contributed by atoms with Crippen LogP contribution in [0.25, 0.3) is 0 Å². The fourth-order valence-corrected chi connectivity index (χ4v) is 2.42. The van der Waals surface area contributed by atoms with Crippen LogP contribution in [0, 0.1) is 5.92 Å². The Kier molecular flexibility index (Phi) is 4.16. The van der Waals surface area contributed by atoms with E-state index in [0.29, 0.717) is 25.0 Å². The molecule has 1 atom stereocenters. The first-order valence-corrected chi connectivity index (χ1v) is 6.48. The van der Waals surface area contributed by atoms with Crippen molar-refractivity contribution in [3.05, 3.63) is 35.4 Å². The molecule has 1 aliphatic rings. The molecule has 0 aliphatic heterocycles. The molecule has 0 bridgehead atoms. The molecule has 0 aromatic heterocycles. The van der Waals surface area contributed by atoms with Gasteiger partial charge in [-0.3, -0.25) is 4.90 Å². The highest BCUT2D eigenvalue weighted by Gasteiger charge is 2.33.